The molecular weight excluding hydrogens is 342 g/mol. The van der Waals surface area contributed by atoms with E-state index in [0.717, 1.165) is 22.3 Å². The van der Waals surface area contributed by atoms with Gasteiger partial charge < -0.3 is 9.88 Å². The SMILES string of the molecule is O=C(Nc1cccc(Cn2ccnc2)c1)c1ccccc1Br. The average Bonchev–Trinajstić information content (AvgIpc) is 3.01. The van der Waals surface area contributed by atoms with E-state index in [0.29, 0.717) is 5.56 Å². The lowest BCUT2D eigenvalue weighted by molar-refractivity contribution is 0.102. The molecule has 110 valence electrons. The number of carbonyl (C=O) groups is 1. The molecule has 1 N–H and O–H groups in total. The largest absolute Gasteiger partial charge is 0.333 e. The fourth-order valence-corrected chi connectivity index (χ4v) is 2.65. The Labute approximate surface area is 136 Å². The van der Waals surface area contributed by atoms with Gasteiger partial charge in [0.1, 0.15) is 0 Å². The summed E-state index contributed by atoms with van der Waals surface area (Å²) < 4.78 is 2.76. The molecule has 2 aromatic carbocycles. The first-order chi connectivity index (χ1) is 10.7. The van der Waals surface area contributed by atoms with Crippen LogP contribution in [0.1, 0.15) is 15.9 Å². The lowest BCUT2D eigenvalue weighted by Crippen LogP contribution is -2.12. The van der Waals surface area contributed by atoms with Gasteiger partial charge in [0, 0.05) is 29.1 Å². The van der Waals surface area contributed by atoms with Gasteiger partial charge in [-0.3, -0.25) is 4.79 Å². The predicted octanol–water partition coefficient (Wildman–Crippen LogP) is 3.95. The van der Waals surface area contributed by atoms with E-state index in [1.54, 1.807) is 18.6 Å². The van der Waals surface area contributed by atoms with Crippen molar-refractivity contribution in [1.29, 1.82) is 0 Å². The molecule has 5 heteroatoms. The molecule has 1 amide bonds. The molecule has 0 unspecified atom stereocenters. The normalized spacial score (nSPS) is 10.4. The van der Waals surface area contributed by atoms with Gasteiger partial charge in [0.25, 0.3) is 5.91 Å². The fourth-order valence-electron chi connectivity index (χ4n) is 2.18. The Kier molecular flexibility index (Phi) is 4.34. The molecule has 0 aliphatic rings. The summed E-state index contributed by atoms with van der Waals surface area (Å²) in [5, 5.41) is 2.93. The summed E-state index contributed by atoms with van der Waals surface area (Å²) in [6, 6.07) is 15.2. The molecule has 1 heterocycles. The minimum atomic E-state index is -0.132. The van der Waals surface area contributed by atoms with Crippen LogP contribution < -0.4 is 5.32 Å². The highest BCUT2D eigenvalue weighted by atomic mass is 79.9. The number of halogens is 1. The van der Waals surface area contributed by atoms with E-state index in [1.165, 1.54) is 0 Å². The molecule has 22 heavy (non-hydrogen) atoms. The van der Waals surface area contributed by atoms with Crippen molar-refractivity contribution in [3.05, 3.63) is 82.9 Å². The lowest BCUT2D eigenvalue weighted by atomic mass is 10.1. The monoisotopic (exact) mass is 355 g/mol. The summed E-state index contributed by atoms with van der Waals surface area (Å²) in [6.07, 6.45) is 5.43. The number of imidazole rings is 1. The maximum Gasteiger partial charge on any atom is 0.256 e. The Morgan fingerprint density at radius 1 is 1.18 bits per heavy atom. The number of nitrogens with zero attached hydrogens (tertiary/aromatic N) is 2. The highest BCUT2D eigenvalue weighted by molar-refractivity contribution is 9.10. The fraction of sp³-hybridized carbons (Fsp3) is 0.0588. The molecule has 0 spiro atoms. The first-order valence-corrected chi connectivity index (χ1v) is 7.62. The Balaban J connectivity index is 1.75. The standard InChI is InChI=1S/C17H14BrN3O/c18-16-7-2-1-6-15(16)17(22)20-14-5-3-4-13(10-14)11-21-9-8-19-12-21/h1-10,12H,11H2,(H,20,22). The van der Waals surface area contributed by atoms with Crippen molar-refractivity contribution in [2.45, 2.75) is 6.54 Å². The summed E-state index contributed by atoms with van der Waals surface area (Å²) in [6.45, 7) is 0.721. The highest BCUT2D eigenvalue weighted by Crippen LogP contribution is 2.18. The highest BCUT2D eigenvalue weighted by Gasteiger charge is 2.09. The van der Waals surface area contributed by atoms with Gasteiger partial charge in [-0.25, -0.2) is 4.98 Å². The second kappa shape index (κ2) is 6.58. The van der Waals surface area contributed by atoms with E-state index < -0.39 is 0 Å². The Bertz CT molecular complexity index is 784. The molecule has 3 aromatic rings. The number of rotatable bonds is 4. The topological polar surface area (TPSA) is 46.9 Å². The molecular formula is C17H14BrN3O. The molecule has 4 nitrogen and oxygen atoms in total. The van der Waals surface area contributed by atoms with Crippen LogP contribution in [0, 0.1) is 0 Å². The van der Waals surface area contributed by atoms with Gasteiger partial charge in [-0.2, -0.15) is 0 Å². The van der Waals surface area contributed by atoms with Gasteiger partial charge in [0.15, 0.2) is 0 Å². The number of anilines is 1. The molecule has 0 atom stereocenters. The summed E-state index contributed by atoms with van der Waals surface area (Å²) in [5.74, 6) is -0.132. The number of benzene rings is 2. The zero-order chi connectivity index (χ0) is 15.4. The number of aromatic nitrogens is 2. The number of hydrogen-bond acceptors (Lipinski definition) is 2. The van der Waals surface area contributed by atoms with Crippen LogP contribution in [-0.4, -0.2) is 15.5 Å². The second-order valence-corrected chi connectivity index (χ2v) is 5.72. The van der Waals surface area contributed by atoms with Crippen molar-refractivity contribution < 1.29 is 4.79 Å². The lowest BCUT2D eigenvalue weighted by Gasteiger charge is -2.09. The minimum absolute atomic E-state index is 0.132. The van der Waals surface area contributed by atoms with Crippen LogP contribution in [0.4, 0.5) is 5.69 Å². The van der Waals surface area contributed by atoms with Crippen LogP contribution in [0.25, 0.3) is 0 Å². The molecule has 0 saturated heterocycles. The van der Waals surface area contributed by atoms with E-state index >= 15 is 0 Å². The molecule has 0 aliphatic carbocycles. The van der Waals surface area contributed by atoms with Crippen LogP contribution in [0.15, 0.2) is 71.7 Å². The van der Waals surface area contributed by atoms with E-state index in [4.69, 9.17) is 0 Å². The third-order valence-electron chi connectivity index (χ3n) is 3.23. The Morgan fingerprint density at radius 3 is 2.82 bits per heavy atom. The molecule has 1 aromatic heterocycles. The summed E-state index contributed by atoms with van der Waals surface area (Å²) in [7, 11) is 0. The molecule has 0 aliphatic heterocycles. The van der Waals surface area contributed by atoms with Crippen LogP contribution in [0.5, 0.6) is 0 Å². The maximum atomic E-state index is 12.3. The zero-order valence-corrected chi connectivity index (χ0v) is 13.3. The van der Waals surface area contributed by atoms with Crippen molar-refractivity contribution in [3.8, 4) is 0 Å². The van der Waals surface area contributed by atoms with E-state index in [1.807, 2.05) is 53.2 Å². The Hall–Kier alpha value is -2.40. The third kappa shape index (κ3) is 3.43. The number of nitrogens with one attached hydrogen (secondary N) is 1. The first-order valence-electron chi connectivity index (χ1n) is 6.83. The van der Waals surface area contributed by atoms with Crippen molar-refractivity contribution in [2.24, 2.45) is 0 Å². The zero-order valence-electron chi connectivity index (χ0n) is 11.7. The van der Waals surface area contributed by atoms with Crippen molar-refractivity contribution in [1.82, 2.24) is 9.55 Å². The van der Waals surface area contributed by atoms with Crippen molar-refractivity contribution in [3.63, 3.8) is 0 Å². The van der Waals surface area contributed by atoms with Gasteiger partial charge >= 0.3 is 0 Å². The van der Waals surface area contributed by atoms with Gasteiger partial charge in [0.2, 0.25) is 0 Å². The summed E-state index contributed by atoms with van der Waals surface area (Å²) in [5.41, 5.74) is 2.49. The number of hydrogen-bond donors (Lipinski definition) is 1. The van der Waals surface area contributed by atoms with Crippen LogP contribution in [0.3, 0.4) is 0 Å². The van der Waals surface area contributed by atoms with Crippen LogP contribution in [-0.2, 0) is 6.54 Å². The average molecular weight is 356 g/mol. The molecule has 0 fully saturated rings. The number of carbonyl (C=O) groups excluding carboxylic acids is 1. The maximum absolute atomic E-state index is 12.3. The molecule has 3 rings (SSSR count). The third-order valence-corrected chi connectivity index (χ3v) is 3.92. The van der Waals surface area contributed by atoms with Crippen LogP contribution >= 0.6 is 15.9 Å². The van der Waals surface area contributed by atoms with Gasteiger partial charge in [-0.15, -0.1) is 0 Å². The van der Waals surface area contributed by atoms with E-state index in [2.05, 4.69) is 26.2 Å². The van der Waals surface area contributed by atoms with E-state index in [9.17, 15) is 4.79 Å². The summed E-state index contributed by atoms with van der Waals surface area (Å²) >= 11 is 3.39. The van der Waals surface area contributed by atoms with Gasteiger partial charge in [-0.05, 0) is 45.8 Å². The summed E-state index contributed by atoms with van der Waals surface area (Å²) in [4.78, 5) is 16.3. The predicted molar refractivity (Wildman–Crippen MR) is 89.9 cm³/mol. The number of amides is 1. The van der Waals surface area contributed by atoms with Crippen molar-refractivity contribution in [2.75, 3.05) is 5.32 Å². The van der Waals surface area contributed by atoms with E-state index in [-0.39, 0.29) is 5.91 Å². The van der Waals surface area contributed by atoms with Gasteiger partial charge in [0.05, 0.1) is 11.9 Å². The minimum Gasteiger partial charge on any atom is -0.333 e. The molecule has 0 radical (unpaired) electrons. The molecule has 0 bridgehead atoms. The second-order valence-electron chi connectivity index (χ2n) is 4.87. The van der Waals surface area contributed by atoms with Gasteiger partial charge in [-0.1, -0.05) is 24.3 Å². The molecule has 0 saturated carbocycles. The van der Waals surface area contributed by atoms with Crippen LogP contribution in [0.2, 0.25) is 0 Å². The Morgan fingerprint density at radius 2 is 2.05 bits per heavy atom. The first kappa shape index (κ1) is 14.5. The van der Waals surface area contributed by atoms with Crippen molar-refractivity contribution >= 4 is 27.5 Å². The quantitative estimate of drug-likeness (QED) is 0.770. The smallest absolute Gasteiger partial charge is 0.256 e.